The number of nitrogens with zero attached hydrogens (tertiary/aromatic N) is 3. The Bertz CT molecular complexity index is 1290. The molecule has 160 valence electrons. The molecule has 0 aliphatic rings. The van der Waals surface area contributed by atoms with Gasteiger partial charge in [0.1, 0.15) is 17.1 Å². The van der Waals surface area contributed by atoms with Crippen LogP contribution in [-0.4, -0.2) is 38.8 Å². The predicted molar refractivity (Wildman–Crippen MR) is 117 cm³/mol. The van der Waals surface area contributed by atoms with Crippen LogP contribution >= 0.6 is 0 Å². The number of hydrogen-bond donors (Lipinski definition) is 1. The Morgan fingerprint density at radius 1 is 1.29 bits per heavy atom. The van der Waals surface area contributed by atoms with E-state index in [1.54, 1.807) is 13.2 Å². The Kier molecular flexibility index (Phi) is 6.72. The van der Waals surface area contributed by atoms with Gasteiger partial charge in [-0.1, -0.05) is 24.1 Å². The molecule has 31 heavy (non-hydrogen) atoms. The molecule has 0 fully saturated rings. The van der Waals surface area contributed by atoms with E-state index < -0.39 is 17.2 Å². The molecule has 1 N–H and O–H groups in total. The minimum Gasteiger partial charge on any atom is -0.497 e. The SMILES string of the molecule is C#CCn1c(=O)c2[nH]c(/C=C/c3cccc(OC)c3)nc2n(CCCOC(C)=O)c1=O. The molecule has 1 aromatic carbocycles. The van der Waals surface area contributed by atoms with Gasteiger partial charge in [-0.15, -0.1) is 6.42 Å². The van der Waals surface area contributed by atoms with E-state index in [0.29, 0.717) is 18.0 Å². The molecule has 2 heterocycles. The topological polar surface area (TPSA) is 108 Å². The van der Waals surface area contributed by atoms with E-state index in [2.05, 4.69) is 15.9 Å². The maximum absolute atomic E-state index is 12.8. The number of aromatic nitrogens is 4. The largest absolute Gasteiger partial charge is 0.497 e. The van der Waals surface area contributed by atoms with Crippen LogP contribution < -0.4 is 16.0 Å². The molecule has 9 nitrogen and oxygen atoms in total. The number of nitrogens with one attached hydrogen (secondary N) is 1. The van der Waals surface area contributed by atoms with Gasteiger partial charge in [0.05, 0.1) is 20.3 Å². The third-order valence-electron chi connectivity index (χ3n) is 4.49. The number of benzene rings is 1. The third-order valence-corrected chi connectivity index (χ3v) is 4.49. The molecule has 0 spiro atoms. The molecule has 0 saturated carbocycles. The highest BCUT2D eigenvalue weighted by molar-refractivity contribution is 5.75. The minimum absolute atomic E-state index is 0.143. The molecule has 0 bridgehead atoms. The molecule has 0 amide bonds. The van der Waals surface area contributed by atoms with Crippen LogP contribution in [0.1, 0.15) is 24.7 Å². The molecular formula is C22H22N4O5. The van der Waals surface area contributed by atoms with Crippen LogP contribution in [0.2, 0.25) is 0 Å². The second kappa shape index (κ2) is 9.63. The lowest BCUT2D eigenvalue weighted by molar-refractivity contribution is -0.141. The molecule has 0 aliphatic heterocycles. The van der Waals surface area contributed by atoms with Crippen LogP contribution in [0.3, 0.4) is 0 Å². The molecule has 3 aromatic rings. The van der Waals surface area contributed by atoms with Gasteiger partial charge in [0.2, 0.25) is 0 Å². The molecule has 3 rings (SSSR count). The number of aryl methyl sites for hydroxylation is 1. The highest BCUT2D eigenvalue weighted by Crippen LogP contribution is 2.15. The minimum atomic E-state index is -0.562. The number of carbonyl (C=O) groups is 1. The Labute approximate surface area is 177 Å². The predicted octanol–water partition coefficient (Wildman–Crippen LogP) is 1.65. The monoisotopic (exact) mass is 422 g/mol. The van der Waals surface area contributed by atoms with Crippen molar-refractivity contribution in [3.63, 3.8) is 0 Å². The van der Waals surface area contributed by atoms with Crippen LogP contribution in [0.4, 0.5) is 0 Å². The van der Waals surface area contributed by atoms with Gasteiger partial charge in [-0.3, -0.25) is 14.2 Å². The first-order valence-electron chi connectivity index (χ1n) is 9.57. The van der Waals surface area contributed by atoms with Crippen molar-refractivity contribution in [2.24, 2.45) is 0 Å². The summed E-state index contributed by atoms with van der Waals surface area (Å²) in [5.74, 6) is 3.04. The zero-order valence-corrected chi connectivity index (χ0v) is 17.3. The Balaban J connectivity index is 2.01. The van der Waals surface area contributed by atoms with E-state index in [1.807, 2.05) is 30.3 Å². The zero-order chi connectivity index (χ0) is 22.4. The van der Waals surface area contributed by atoms with Crippen molar-refractivity contribution < 1.29 is 14.3 Å². The van der Waals surface area contributed by atoms with Gasteiger partial charge in [-0.05, 0) is 30.2 Å². The van der Waals surface area contributed by atoms with Crippen molar-refractivity contribution in [2.45, 2.75) is 26.4 Å². The number of imidazole rings is 1. The van der Waals surface area contributed by atoms with Gasteiger partial charge < -0.3 is 14.5 Å². The summed E-state index contributed by atoms with van der Waals surface area (Å²) in [6.07, 6.45) is 9.22. The molecule has 2 aromatic heterocycles. The Morgan fingerprint density at radius 2 is 2.10 bits per heavy atom. The van der Waals surface area contributed by atoms with E-state index >= 15 is 0 Å². The van der Waals surface area contributed by atoms with Gasteiger partial charge in [-0.25, -0.2) is 14.3 Å². The van der Waals surface area contributed by atoms with E-state index in [-0.39, 0.29) is 30.9 Å². The number of methoxy groups -OCH3 is 1. The Hall–Kier alpha value is -4.06. The quantitative estimate of drug-likeness (QED) is 0.336. The van der Waals surface area contributed by atoms with Crippen molar-refractivity contribution in [3.05, 3.63) is 56.5 Å². The number of hydrogen-bond acceptors (Lipinski definition) is 6. The van der Waals surface area contributed by atoms with Gasteiger partial charge in [-0.2, -0.15) is 0 Å². The maximum atomic E-state index is 12.8. The molecule has 0 radical (unpaired) electrons. The van der Waals surface area contributed by atoms with Crippen LogP contribution in [0.5, 0.6) is 5.75 Å². The molecule has 0 aliphatic carbocycles. The van der Waals surface area contributed by atoms with Crippen LogP contribution in [-0.2, 0) is 22.6 Å². The number of rotatable bonds is 8. The number of terminal acetylenes is 1. The highest BCUT2D eigenvalue weighted by Gasteiger charge is 2.16. The van der Waals surface area contributed by atoms with Gasteiger partial charge >= 0.3 is 11.7 Å². The normalized spacial score (nSPS) is 11.0. The van der Waals surface area contributed by atoms with E-state index in [1.165, 1.54) is 11.5 Å². The summed E-state index contributed by atoms with van der Waals surface area (Å²) in [5.41, 5.74) is 0.170. The summed E-state index contributed by atoms with van der Waals surface area (Å²) in [5, 5.41) is 0. The maximum Gasteiger partial charge on any atom is 0.333 e. The summed E-state index contributed by atoms with van der Waals surface area (Å²) in [6, 6.07) is 7.44. The number of esters is 1. The number of carbonyl (C=O) groups excluding carboxylic acids is 1. The average Bonchev–Trinajstić information content (AvgIpc) is 3.19. The fourth-order valence-corrected chi connectivity index (χ4v) is 3.05. The standard InChI is InChI=1S/C22H22N4O5/c1-4-11-26-21(28)19-20(25(22(26)29)12-6-13-31-15(2)27)24-18(23-19)10-9-16-7-5-8-17(14-16)30-3/h1,5,7-10,14H,6,11-13H2,2-3H3,(H,23,24)/b10-9+. The summed E-state index contributed by atoms with van der Waals surface area (Å²) >= 11 is 0. The van der Waals surface area contributed by atoms with E-state index in [0.717, 1.165) is 10.1 Å². The molecule has 0 unspecified atom stereocenters. The lowest BCUT2D eigenvalue weighted by atomic mass is 10.2. The third kappa shape index (κ3) is 4.93. The van der Waals surface area contributed by atoms with E-state index in [9.17, 15) is 14.4 Å². The second-order valence-electron chi connectivity index (χ2n) is 6.65. The summed E-state index contributed by atoms with van der Waals surface area (Å²) in [4.78, 5) is 43.9. The number of ether oxygens (including phenoxy) is 2. The fraction of sp³-hybridized carbons (Fsp3) is 0.273. The number of fused-ring (bicyclic) bond motifs is 1. The summed E-state index contributed by atoms with van der Waals surface area (Å²) in [7, 11) is 1.59. The van der Waals surface area contributed by atoms with Crippen molar-refractivity contribution in [3.8, 4) is 18.1 Å². The lowest BCUT2D eigenvalue weighted by Crippen LogP contribution is -2.40. The van der Waals surface area contributed by atoms with Crippen LogP contribution in [0.15, 0.2) is 33.9 Å². The second-order valence-corrected chi connectivity index (χ2v) is 6.65. The van der Waals surface area contributed by atoms with Crippen LogP contribution in [0, 0.1) is 12.3 Å². The van der Waals surface area contributed by atoms with Crippen molar-refractivity contribution in [1.82, 2.24) is 19.1 Å². The molecule has 0 saturated heterocycles. The van der Waals surface area contributed by atoms with Crippen molar-refractivity contribution >= 4 is 29.3 Å². The first kappa shape index (κ1) is 21.6. The van der Waals surface area contributed by atoms with Crippen molar-refractivity contribution in [2.75, 3.05) is 13.7 Å². The Morgan fingerprint density at radius 3 is 2.81 bits per heavy atom. The first-order valence-corrected chi connectivity index (χ1v) is 9.57. The molecule has 0 atom stereocenters. The van der Waals surface area contributed by atoms with E-state index in [4.69, 9.17) is 15.9 Å². The smallest absolute Gasteiger partial charge is 0.333 e. The van der Waals surface area contributed by atoms with Gasteiger partial charge in [0.25, 0.3) is 5.56 Å². The number of H-pyrrole nitrogens is 1. The van der Waals surface area contributed by atoms with Gasteiger partial charge in [0, 0.05) is 13.5 Å². The summed E-state index contributed by atoms with van der Waals surface area (Å²) < 4.78 is 12.5. The zero-order valence-electron chi connectivity index (χ0n) is 17.3. The highest BCUT2D eigenvalue weighted by atomic mass is 16.5. The lowest BCUT2D eigenvalue weighted by Gasteiger charge is -2.09. The van der Waals surface area contributed by atoms with Crippen molar-refractivity contribution in [1.29, 1.82) is 0 Å². The summed E-state index contributed by atoms with van der Waals surface area (Å²) in [6.45, 7) is 1.50. The fourth-order valence-electron chi connectivity index (χ4n) is 3.05. The molecular weight excluding hydrogens is 400 g/mol. The number of aromatic amines is 1. The first-order chi connectivity index (χ1) is 14.9. The van der Waals surface area contributed by atoms with Gasteiger partial charge in [0.15, 0.2) is 5.65 Å². The molecule has 9 heteroatoms. The average molecular weight is 422 g/mol. The van der Waals surface area contributed by atoms with Crippen LogP contribution in [0.25, 0.3) is 23.3 Å².